The number of hydrogen-bond donors (Lipinski definition) is 5. The number of amides is 10. The topological polar surface area (TPSA) is 399 Å². The molecule has 0 radical (unpaired) electrons. The Hall–Kier alpha value is -11.5. The summed E-state index contributed by atoms with van der Waals surface area (Å²) in [4.78, 5) is 186. The Morgan fingerprint density at radius 2 is 0.667 bits per heavy atom. The normalized spacial score (nSPS) is 17.4. The van der Waals surface area contributed by atoms with Crippen LogP contribution in [0.2, 0.25) is 0 Å². The molecule has 4 heterocycles. The van der Waals surface area contributed by atoms with Crippen molar-refractivity contribution in [3.63, 3.8) is 0 Å². The van der Waals surface area contributed by atoms with Crippen molar-refractivity contribution < 1.29 is 105 Å². The second-order valence-electron chi connectivity index (χ2n) is 28.9. The molecular formula is C78H108BrN13O22. The van der Waals surface area contributed by atoms with Crippen molar-refractivity contribution in [2.75, 3.05) is 124 Å². The van der Waals surface area contributed by atoms with Crippen LogP contribution in [0, 0.1) is 23.7 Å². The largest absolute Gasteiger partial charge is 0.467 e. The smallest absolute Gasteiger partial charge is 0.411 e. The van der Waals surface area contributed by atoms with Gasteiger partial charge in [-0.05, 0) is 93.0 Å². The van der Waals surface area contributed by atoms with Gasteiger partial charge in [0.15, 0.2) is 5.78 Å². The third kappa shape index (κ3) is 26.3. The number of halogens is 1. The fourth-order valence-corrected chi connectivity index (χ4v) is 12.5. The Bertz CT molecular complexity index is 3820. The average Bonchev–Trinajstić information content (AvgIpc) is 1.67. The van der Waals surface area contributed by atoms with E-state index >= 15 is 0 Å². The molecule has 114 heavy (non-hydrogen) atoms. The van der Waals surface area contributed by atoms with Crippen LogP contribution in [0.4, 0.5) is 41.0 Å². The number of nitrogens with one attached hydrogen (secondary N) is 5. The van der Waals surface area contributed by atoms with Crippen LogP contribution >= 0.6 is 15.9 Å². The maximum Gasteiger partial charge on any atom is 0.411 e. The molecule has 0 spiro atoms. The van der Waals surface area contributed by atoms with Gasteiger partial charge in [0.2, 0.25) is 29.5 Å². The predicted molar refractivity (Wildman–Crippen MR) is 421 cm³/mol. The molecule has 4 fully saturated rings. The summed E-state index contributed by atoms with van der Waals surface area (Å²) in [6.07, 6.45) is -3.51. The quantitative estimate of drug-likeness (QED) is 0.0333. The molecule has 4 aliphatic rings. The summed E-state index contributed by atoms with van der Waals surface area (Å²) >= 11 is 3.33. The highest BCUT2D eigenvalue weighted by atomic mass is 79.9. The molecule has 0 aromatic heterocycles. The number of nitrogens with zero attached hydrogens (tertiary/aromatic N) is 8. The van der Waals surface area contributed by atoms with Crippen molar-refractivity contribution in [1.29, 1.82) is 0 Å². The van der Waals surface area contributed by atoms with Crippen LogP contribution in [-0.4, -0.2) is 271 Å². The van der Waals surface area contributed by atoms with Gasteiger partial charge < -0.3 is 98.8 Å². The van der Waals surface area contributed by atoms with Crippen molar-refractivity contribution in [3.8, 4) is 0 Å². The fourth-order valence-electron chi connectivity index (χ4n) is 12.2. The van der Waals surface area contributed by atoms with Gasteiger partial charge in [-0.3, -0.25) is 33.7 Å². The van der Waals surface area contributed by atoms with Crippen LogP contribution < -0.4 is 41.3 Å². The summed E-state index contributed by atoms with van der Waals surface area (Å²) in [7, 11) is 8.68. The molecule has 4 aromatic carbocycles. The Balaban J connectivity index is 0.000000274. The van der Waals surface area contributed by atoms with Crippen molar-refractivity contribution in [3.05, 3.63) is 125 Å². The minimum Gasteiger partial charge on any atom is -0.467 e. The molecule has 0 saturated carbocycles. The molecule has 36 heteroatoms. The zero-order valence-corrected chi connectivity index (χ0v) is 69.3. The molecule has 4 saturated heterocycles. The van der Waals surface area contributed by atoms with Gasteiger partial charge in [-0.25, -0.2) is 38.4 Å². The number of methoxy groups -OCH3 is 7. The lowest BCUT2D eigenvalue weighted by Gasteiger charge is -2.29. The number of carbonyl (C=O) groups excluding carboxylic acids is 14. The van der Waals surface area contributed by atoms with Gasteiger partial charge in [-0.15, -0.1) is 0 Å². The maximum absolute atomic E-state index is 13.5. The van der Waals surface area contributed by atoms with Crippen LogP contribution in [-0.2, 0) is 76.3 Å². The van der Waals surface area contributed by atoms with E-state index in [-0.39, 0.29) is 87.6 Å². The fraction of sp³-hybridized carbons (Fsp3) is 0.513. The number of alkyl carbamates (subject to hydrolysis) is 4. The van der Waals surface area contributed by atoms with E-state index in [0.717, 1.165) is 21.5 Å². The molecule has 8 atom stereocenters. The Labute approximate surface area is 672 Å². The highest BCUT2D eigenvalue weighted by molar-refractivity contribution is 9.10. The van der Waals surface area contributed by atoms with E-state index in [1.54, 1.807) is 72.7 Å². The van der Waals surface area contributed by atoms with E-state index < -0.39 is 120 Å². The number of Topliss-reactive ketones (excluding diaryl/α,β-unsaturated/α-hetero) is 1. The first-order chi connectivity index (χ1) is 53.9. The van der Waals surface area contributed by atoms with Crippen molar-refractivity contribution >= 4 is 117 Å². The number of esters is 3. The number of ether oxygens (including phenoxy) is 8. The van der Waals surface area contributed by atoms with E-state index in [1.165, 1.54) is 74.3 Å². The van der Waals surface area contributed by atoms with Crippen LogP contribution in [0.1, 0.15) is 86.5 Å². The molecule has 35 nitrogen and oxygen atoms in total. The summed E-state index contributed by atoms with van der Waals surface area (Å²) in [5.41, 5.74) is 2.41. The monoisotopic (exact) mass is 1660 g/mol. The minimum absolute atomic E-state index is 0.0592. The average molecular weight is 1660 g/mol. The van der Waals surface area contributed by atoms with Gasteiger partial charge in [-0.1, -0.05) is 138 Å². The molecule has 624 valence electrons. The zero-order valence-electron chi connectivity index (χ0n) is 67.7. The van der Waals surface area contributed by atoms with Gasteiger partial charge in [0.25, 0.3) is 0 Å². The van der Waals surface area contributed by atoms with Gasteiger partial charge in [-0.2, -0.15) is 0 Å². The van der Waals surface area contributed by atoms with Gasteiger partial charge in [0.05, 0.1) is 96.0 Å². The number of anilines is 3. The number of benzene rings is 4. The molecule has 4 aromatic rings. The summed E-state index contributed by atoms with van der Waals surface area (Å²) in [5, 5.41) is 12.8. The summed E-state index contributed by atoms with van der Waals surface area (Å²) < 4.78 is 39.1. The number of ketones is 1. The van der Waals surface area contributed by atoms with E-state index in [2.05, 4.69) is 61.5 Å². The second-order valence-corrected chi connectivity index (χ2v) is 29.8. The lowest BCUT2D eigenvalue weighted by molar-refractivity contribution is -0.151. The van der Waals surface area contributed by atoms with E-state index in [9.17, 15) is 67.1 Å². The Morgan fingerprint density at radius 1 is 0.386 bits per heavy atom. The standard InChI is InChI=1S/C25H29BrN4O5.2C18H25N3O5.C17H29N3O7/c1-16(2)22(28-25(34)35-3)24(33)30-15-29(19-7-5-4-6-8-19)14-20(30)23(32)27-13-21(31)17-9-11-18(26)12-10-17;2*1-12(2)15(19-18(24)26-4)16(22)21-11-20(10-14(21)17(23)25-3)13-8-6-5-7-9-13;1-10(2)12(18-15(23)26-7)13(21)20-9-19(8-11(20)14(22)25-6)16(24)27-17(3,4)5/h4-12,16,20,22H,13-15H2,1-3H3,(H,27,32)(H,28,34);2*5-9,12,14-15H,10-11H2,1-4H3,(H,19,24);10-12H,8-9H2,1-7H3,(H,18,23)/t20-,22-;2*14-,15-;11-,12-/m0000/s1. The van der Waals surface area contributed by atoms with E-state index in [4.69, 9.17) is 18.9 Å². The first kappa shape index (κ1) is 93.1. The molecule has 0 bridgehead atoms. The van der Waals surface area contributed by atoms with Crippen molar-refractivity contribution in [2.45, 2.75) is 130 Å². The highest BCUT2D eigenvalue weighted by Gasteiger charge is 2.48. The van der Waals surface area contributed by atoms with Crippen LogP contribution in [0.5, 0.6) is 0 Å². The van der Waals surface area contributed by atoms with Gasteiger partial charge in [0, 0.05) is 33.6 Å². The summed E-state index contributed by atoms with van der Waals surface area (Å²) in [6.45, 7) is 20.6. The number of carbonyl (C=O) groups is 14. The van der Waals surface area contributed by atoms with Gasteiger partial charge >= 0.3 is 48.4 Å². The van der Waals surface area contributed by atoms with E-state index in [1.807, 2.05) is 133 Å². The molecule has 5 N–H and O–H groups in total. The number of rotatable bonds is 22. The van der Waals surface area contributed by atoms with E-state index in [0.29, 0.717) is 18.7 Å². The van der Waals surface area contributed by atoms with Crippen molar-refractivity contribution in [1.82, 2.24) is 51.1 Å². The van der Waals surface area contributed by atoms with Crippen LogP contribution in [0.25, 0.3) is 0 Å². The van der Waals surface area contributed by atoms with Crippen LogP contribution in [0.3, 0.4) is 0 Å². The lowest BCUT2D eigenvalue weighted by atomic mass is 10.0. The second kappa shape index (κ2) is 44.1. The lowest BCUT2D eigenvalue weighted by Crippen LogP contribution is -2.56. The van der Waals surface area contributed by atoms with Crippen LogP contribution in [0.15, 0.2) is 120 Å². The molecule has 0 unspecified atom stereocenters. The molecule has 10 amide bonds. The molecule has 4 aliphatic heterocycles. The first-order valence-electron chi connectivity index (χ1n) is 36.7. The van der Waals surface area contributed by atoms with Gasteiger partial charge in [0.1, 0.15) is 60.6 Å². The SMILES string of the molecule is COC(=O)N[C@H](C(=O)N1CN(C(=O)OC(C)(C)C)C[C@H]1C(=O)OC)C(C)C.COC(=O)N[C@H](C(=O)N1CN(c2ccccc2)C[C@H]1C(=O)NCC(=O)c1ccc(Br)cc1)C(C)C.COC(=O)N[C@H](C(=O)N1CN(c2ccccc2)C[C@H]1C(=O)OC)C(C)C.COC(=O)N[C@H](C(=O)N1CN(c2ccccc2)C[C@H]1C(=O)OC)C(C)C. The minimum atomic E-state index is -0.990. The zero-order chi connectivity index (χ0) is 85.0. The Kier molecular flexibility index (Phi) is 36.0. The highest BCUT2D eigenvalue weighted by Crippen LogP contribution is 2.29. The van der Waals surface area contributed by atoms with Crippen molar-refractivity contribution in [2.24, 2.45) is 23.7 Å². The molecule has 8 rings (SSSR count). The summed E-state index contributed by atoms with van der Waals surface area (Å²) in [5.74, 6) is -4.79. The number of para-hydroxylation sites is 3. The Morgan fingerprint density at radius 3 is 0.947 bits per heavy atom. The summed E-state index contributed by atoms with van der Waals surface area (Å²) in [6, 6.07) is 28.6. The predicted octanol–water partition coefficient (Wildman–Crippen LogP) is 6.18. The number of hydrogen-bond acceptors (Lipinski definition) is 25. The third-order valence-corrected chi connectivity index (χ3v) is 18.9. The third-order valence-electron chi connectivity index (χ3n) is 18.4. The molecular weight excluding hydrogens is 1550 g/mol. The maximum atomic E-state index is 13.5. The first-order valence-corrected chi connectivity index (χ1v) is 37.5. The molecule has 0 aliphatic carbocycles.